The number of nitrogens with zero attached hydrogens (tertiary/aromatic N) is 1. The van der Waals surface area contributed by atoms with Gasteiger partial charge >= 0.3 is 0 Å². The predicted molar refractivity (Wildman–Crippen MR) is 53.2 cm³/mol. The summed E-state index contributed by atoms with van der Waals surface area (Å²) in [5, 5.41) is 3.60. The Bertz CT molecular complexity index is 321. The smallest absolute Gasteiger partial charge is 0.199 e. The van der Waals surface area contributed by atoms with Crippen molar-refractivity contribution in [1.29, 1.82) is 0 Å². The summed E-state index contributed by atoms with van der Waals surface area (Å²) in [5.41, 5.74) is 0. The highest BCUT2D eigenvalue weighted by molar-refractivity contribution is 7.71. The van der Waals surface area contributed by atoms with E-state index < -0.39 is 0 Å². The Balaban J connectivity index is 2.93. The molecule has 0 saturated carbocycles. The molecule has 3 nitrogen and oxygen atoms in total. The molecule has 1 rings (SSSR count). The monoisotopic (exact) mass is 203 g/mol. The quantitative estimate of drug-likeness (QED) is 0.574. The van der Waals surface area contributed by atoms with Gasteiger partial charge in [0.15, 0.2) is 4.77 Å². The summed E-state index contributed by atoms with van der Waals surface area (Å²) in [6.07, 6.45) is 0. The molecule has 0 aliphatic carbocycles. The summed E-state index contributed by atoms with van der Waals surface area (Å²) in [6, 6.07) is 2.03. The molecule has 0 radical (unpaired) electrons. The summed E-state index contributed by atoms with van der Waals surface area (Å²) in [4.78, 5) is 6.75. The van der Waals surface area contributed by atoms with Crippen molar-refractivity contribution in [3.05, 3.63) is 16.0 Å². The highest BCUT2D eigenvalue weighted by Crippen LogP contribution is 2.10. The average Bonchev–Trinajstić information content (AvgIpc) is 1.81. The van der Waals surface area contributed by atoms with Gasteiger partial charge in [-0.15, -0.1) is 0 Å². The van der Waals surface area contributed by atoms with Crippen molar-refractivity contribution in [2.75, 3.05) is 5.32 Å². The number of hydrogen-bond acceptors (Lipinski definition) is 3. The molecule has 12 heavy (non-hydrogen) atoms. The molecule has 5 heteroatoms. The first-order chi connectivity index (χ1) is 5.58. The maximum atomic E-state index is 5.73. The topological polar surface area (TPSA) is 40.7 Å². The standard InChI is InChI=1S/C7H10ClN3S/c1-4(2)9-6-3-5(8)10-7(12)11-6/h3-4H,1-2H3,(H2,9,10,11,12). The van der Waals surface area contributed by atoms with E-state index in [-0.39, 0.29) is 0 Å². The molecule has 1 aromatic heterocycles. The molecular weight excluding hydrogens is 194 g/mol. The summed E-state index contributed by atoms with van der Waals surface area (Å²) in [7, 11) is 0. The van der Waals surface area contributed by atoms with Crippen LogP contribution in [0.1, 0.15) is 13.8 Å². The summed E-state index contributed by atoms with van der Waals surface area (Å²) >= 11 is 10.6. The number of rotatable bonds is 2. The molecule has 0 fully saturated rings. The minimum absolute atomic E-state index is 0.324. The SMILES string of the molecule is CC(C)Nc1cc(Cl)[nH]c(=S)n1. The lowest BCUT2D eigenvalue weighted by Gasteiger charge is -2.08. The van der Waals surface area contributed by atoms with E-state index in [4.69, 9.17) is 23.8 Å². The normalized spacial score (nSPS) is 10.3. The van der Waals surface area contributed by atoms with Crippen molar-refractivity contribution in [3.63, 3.8) is 0 Å². The second-order valence-electron chi connectivity index (χ2n) is 2.72. The van der Waals surface area contributed by atoms with Crippen molar-refractivity contribution in [1.82, 2.24) is 9.97 Å². The summed E-state index contributed by atoms with van der Waals surface area (Å²) in [6.45, 7) is 4.05. The van der Waals surface area contributed by atoms with Gasteiger partial charge < -0.3 is 10.3 Å². The molecule has 0 bridgehead atoms. The van der Waals surface area contributed by atoms with Gasteiger partial charge in [0, 0.05) is 12.1 Å². The van der Waals surface area contributed by atoms with Crippen LogP contribution < -0.4 is 5.32 Å². The van der Waals surface area contributed by atoms with E-state index >= 15 is 0 Å². The molecule has 0 atom stereocenters. The predicted octanol–water partition coefficient (Wildman–Crippen LogP) is 2.61. The van der Waals surface area contributed by atoms with Gasteiger partial charge in [0.25, 0.3) is 0 Å². The van der Waals surface area contributed by atoms with E-state index in [2.05, 4.69) is 15.3 Å². The van der Waals surface area contributed by atoms with Gasteiger partial charge in [-0.1, -0.05) is 11.6 Å². The number of halogens is 1. The van der Waals surface area contributed by atoms with Crippen LogP contribution in [-0.4, -0.2) is 16.0 Å². The lowest BCUT2D eigenvalue weighted by Crippen LogP contribution is -2.11. The fourth-order valence-corrected chi connectivity index (χ4v) is 1.25. The Morgan fingerprint density at radius 2 is 2.33 bits per heavy atom. The zero-order valence-corrected chi connectivity index (χ0v) is 8.46. The van der Waals surface area contributed by atoms with Gasteiger partial charge in [-0.25, -0.2) is 4.98 Å². The van der Waals surface area contributed by atoms with E-state index in [1.807, 2.05) is 13.8 Å². The number of nitrogens with one attached hydrogen (secondary N) is 2. The first-order valence-corrected chi connectivity index (χ1v) is 4.40. The Morgan fingerprint density at radius 3 is 2.83 bits per heavy atom. The highest BCUT2D eigenvalue weighted by Gasteiger charge is 1.97. The van der Waals surface area contributed by atoms with E-state index in [0.717, 1.165) is 0 Å². The fraction of sp³-hybridized carbons (Fsp3) is 0.429. The third-order valence-corrected chi connectivity index (χ3v) is 1.55. The molecular formula is C7H10ClN3S. The van der Waals surface area contributed by atoms with Gasteiger partial charge in [-0.05, 0) is 26.1 Å². The first kappa shape index (κ1) is 9.48. The van der Waals surface area contributed by atoms with Crippen LogP contribution in [0.2, 0.25) is 5.15 Å². The number of aromatic nitrogens is 2. The van der Waals surface area contributed by atoms with E-state index in [1.54, 1.807) is 6.07 Å². The van der Waals surface area contributed by atoms with E-state index in [1.165, 1.54) is 0 Å². The van der Waals surface area contributed by atoms with Crippen LogP contribution >= 0.6 is 23.8 Å². The minimum atomic E-state index is 0.324. The van der Waals surface area contributed by atoms with Crippen molar-refractivity contribution >= 4 is 29.6 Å². The molecule has 0 aromatic carbocycles. The lowest BCUT2D eigenvalue weighted by molar-refractivity contribution is 0.884. The second-order valence-corrected chi connectivity index (χ2v) is 3.51. The van der Waals surface area contributed by atoms with E-state index in [0.29, 0.717) is 21.8 Å². The molecule has 66 valence electrons. The Labute approximate surface area is 81.2 Å². The van der Waals surface area contributed by atoms with Crippen LogP contribution in [0, 0.1) is 4.77 Å². The maximum Gasteiger partial charge on any atom is 0.199 e. The van der Waals surface area contributed by atoms with Crippen molar-refractivity contribution in [2.45, 2.75) is 19.9 Å². The molecule has 1 heterocycles. The van der Waals surface area contributed by atoms with Gasteiger partial charge in [0.1, 0.15) is 11.0 Å². The van der Waals surface area contributed by atoms with Gasteiger partial charge in [-0.2, -0.15) is 0 Å². The Hall–Kier alpha value is -0.610. The van der Waals surface area contributed by atoms with Crippen molar-refractivity contribution in [3.8, 4) is 0 Å². The summed E-state index contributed by atoms with van der Waals surface area (Å²) in [5.74, 6) is 0.707. The molecule has 2 N–H and O–H groups in total. The molecule has 0 aliphatic heterocycles. The highest BCUT2D eigenvalue weighted by atomic mass is 35.5. The third kappa shape index (κ3) is 2.79. The van der Waals surface area contributed by atoms with Crippen LogP contribution in [-0.2, 0) is 0 Å². The zero-order valence-electron chi connectivity index (χ0n) is 6.89. The van der Waals surface area contributed by atoms with Crippen LogP contribution in [0.4, 0.5) is 5.82 Å². The van der Waals surface area contributed by atoms with Crippen molar-refractivity contribution in [2.24, 2.45) is 0 Å². The Morgan fingerprint density at radius 1 is 1.67 bits per heavy atom. The molecule has 1 aromatic rings. The number of H-pyrrole nitrogens is 1. The largest absolute Gasteiger partial charge is 0.368 e. The molecule has 0 aliphatic rings. The van der Waals surface area contributed by atoms with Gasteiger partial charge in [-0.3, -0.25) is 0 Å². The van der Waals surface area contributed by atoms with Crippen LogP contribution in [0.5, 0.6) is 0 Å². The number of hydrogen-bond donors (Lipinski definition) is 2. The minimum Gasteiger partial charge on any atom is -0.368 e. The first-order valence-electron chi connectivity index (χ1n) is 3.61. The Kier molecular flexibility index (Phi) is 3.05. The fourth-order valence-electron chi connectivity index (χ4n) is 0.798. The molecule has 0 saturated heterocycles. The summed E-state index contributed by atoms with van der Waals surface area (Å²) < 4.78 is 0.394. The average molecular weight is 204 g/mol. The molecule has 0 amide bonds. The molecule has 0 spiro atoms. The van der Waals surface area contributed by atoms with Gasteiger partial charge in [0.05, 0.1) is 0 Å². The van der Waals surface area contributed by atoms with Crippen LogP contribution in [0.15, 0.2) is 6.07 Å². The lowest BCUT2D eigenvalue weighted by atomic mass is 10.4. The van der Waals surface area contributed by atoms with Crippen LogP contribution in [0.3, 0.4) is 0 Å². The van der Waals surface area contributed by atoms with Crippen molar-refractivity contribution < 1.29 is 0 Å². The number of aromatic amines is 1. The zero-order chi connectivity index (χ0) is 9.14. The maximum absolute atomic E-state index is 5.73. The second kappa shape index (κ2) is 3.87. The number of anilines is 1. The van der Waals surface area contributed by atoms with Gasteiger partial charge in [0.2, 0.25) is 0 Å². The van der Waals surface area contributed by atoms with E-state index in [9.17, 15) is 0 Å². The van der Waals surface area contributed by atoms with Crippen LogP contribution in [0.25, 0.3) is 0 Å². The third-order valence-electron chi connectivity index (χ3n) is 1.15. The molecule has 0 unspecified atom stereocenters.